The molecule has 2 rings (SSSR count). The van der Waals surface area contributed by atoms with E-state index in [1.807, 2.05) is 0 Å². The Balaban J connectivity index is 2.02. The molecule has 0 aromatic rings. The van der Waals surface area contributed by atoms with Gasteiger partial charge in [0, 0.05) is 19.0 Å². The molecule has 0 radical (unpaired) electrons. The Hall–Kier alpha value is -0.830. The molecular weight excluding hydrogens is 166 g/mol. The van der Waals surface area contributed by atoms with E-state index in [2.05, 4.69) is 6.58 Å². The molecule has 1 N–H and O–H groups in total. The Morgan fingerprint density at radius 2 is 2.23 bits per heavy atom. The second kappa shape index (κ2) is 3.14. The molecule has 1 saturated heterocycles. The number of hydrogen-bond donors (Lipinski definition) is 1. The van der Waals surface area contributed by atoms with Crippen LogP contribution in [0.2, 0.25) is 0 Å². The zero-order valence-corrected chi connectivity index (χ0v) is 7.65. The quantitative estimate of drug-likeness (QED) is 0.595. The number of aliphatic hydroxyl groups excluding tert-OH is 1. The van der Waals surface area contributed by atoms with Gasteiger partial charge in [0.15, 0.2) is 0 Å². The smallest absolute Gasteiger partial charge is 0.245 e. The predicted molar refractivity (Wildman–Crippen MR) is 49.0 cm³/mol. The van der Waals surface area contributed by atoms with Crippen molar-refractivity contribution < 1.29 is 9.90 Å². The van der Waals surface area contributed by atoms with Gasteiger partial charge < -0.3 is 10.0 Å². The first-order chi connectivity index (χ1) is 6.22. The molecule has 0 aromatic heterocycles. The lowest BCUT2D eigenvalue weighted by Gasteiger charge is -2.16. The van der Waals surface area contributed by atoms with Crippen molar-refractivity contribution in [3.8, 4) is 0 Å². The van der Waals surface area contributed by atoms with Crippen LogP contribution in [-0.2, 0) is 4.79 Å². The third-order valence-electron chi connectivity index (χ3n) is 3.31. The van der Waals surface area contributed by atoms with E-state index in [0.717, 1.165) is 25.9 Å². The van der Waals surface area contributed by atoms with Gasteiger partial charge in [-0.15, -0.1) is 0 Å². The number of carbonyl (C=O) groups excluding carboxylic acids is 1. The maximum absolute atomic E-state index is 11.3. The van der Waals surface area contributed by atoms with Gasteiger partial charge in [-0.05, 0) is 24.8 Å². The van der Waals surface area contributed by atoms with Crippen molar-refractivity contribution in [2.75, 3.05) is 13.1 Å². The first-order valence-electron chi connectivity index (χ1n) is 4.81. The molecule has 1 saturated carbocycles. The zero-order valence-electron chi connectivity index (χ0n) is 7.65. The number of carbonyl (C=O) groups is 1. The van der Waals surface area contributed by atoms with Gasteiger partial charge in [0.2, 0.25) is 5.91 Å². The van der Waals surface area contributed by atoms with E-state index in [1.165, 1.54) is 6.08 Å². The summed E-state index contributed by atoms with van der Waals surface area (Å²) < 4.78 is 0. The fourth-order valence-corrected chi connectivity index (χ4v) is 2.55. The maximum Gasteiger partial charge on any atom is 0.245 e. The highest BCUT2D eigenvalue weighted by Crippen LogP contribution is 2.37. The third-order valence-corrected chi connectivity index (χ3v) is 3.31. The van der Waals surface area contributed by atoms with Crippen molar-refractivity contribution in [2.45, 2.75) is 18.9 Å². The summed E-state index contributed by atoms with van der Waals surface area (Å²) in [6.45, 7) is 5.00. The molecular formula is C10H15NO2. The highest BCUT2D eigenvalue weighted by Gasteiger charge is 2.42. The van der Waals surface area contributed by atoms with E-state index in [9.17, 15) is 9.90 Å². The lowest BCUT2D eigenvalue weighted by molar-refractivity contribution is -0.125. The summed E-state index contributed by atoms with van der Waals surface area (Å²) in [4.78, 5) is 13.1. The molecule has 2 aliphatic rings. The van der Waals surface area contributed by atoms with Crippen LogP contribution in [0.3, 0.4) is 0 Å². The molecule has 3 unspecified atom stereocenters. The highest BCUT2D eigenvalue weighted by molar-refractivity contribution is 5.87. The second-order valence-electron chi connectivity index (χ2n) is 4.02. The average Bonchev–Trinajstić information content (AvgIpc) is 2.67. The minimum atomic E-state index is -0.187. The summed E-state index contributed by atoms with van der Waals surface area (Å²) in [6.07, 6.45) is 3.14. The average molecular weight is 181 g/mol. The van der Waals surface area contributed by atoms with Crippen LogP contribution in [0.25, 0.3) is 0 Å². The van der Waals surface area contributed by atoms with Gasteiger partial charge in [-0.1, -0.05) is 6.58 Å². The van der Waals surface area contributed by atoms with Crippen LogP contribution in [0.15, 0.2) is 12.7 Å². The molecule has 0 bridgehead atoms. The maximum atomic E-state index is 11.3. The lowest BCUT2D eigenvalue weighted by atomic mass is 10.00. The van der Waals surface area contributed by atoms with Crippen molar-refractivity contribution in [2.24, 2.45) is 11.8 Å². The Bertz CT molecular complexity index is 239. The van der Waals surface area contributed by atoms with Crippen molar-refractivity contribution in [1.82, 2.24) is 4.90 Å². The van der Waals surface area contributed by atoms with Crippen molar-refractivity contribution in [3.63, 3.8) is 0 Å². The van der Waals surface area contributed by atoms with Gasteiger partial charge >= 0.3 is 0 Å². The topological polar surface area (TPSA) is 40.5 Å². The summed E-state index contributed by atoms with van der Waals surface area (Å²) in [5.74, 6) is 0.851. The van der Waals surface area contributed by atoms with Gasteiger partial charge in [-0.2, -0.15) is 0 Å². The van der Waals surface area contributed by atoms with E-state index in [4.69, 9.17) is 0 Å². The number of aliphatic hydroxyl groups is 1. The van der Waals surface area contributed by atoms with Gasteiger partial charge in [0.05, 0.1) is 6.10 Å². The van der Waals surface area contributed by atoms with E-state index in [-0.39, 0.29) is 12.0 Å². The normalized spacial score (nSPS) is 37.6. The molecule has 1 aliphatic heterocycles. The van der Waals surface area contributed by atoms with Crippen molar-refractivity contribution >= 4 is 5.91 Å². The lowest BCUT2D eigenvalue weighted by Crippen LogP contribution is -2.29. The summed E-state index contributed by atoms with van der Waals surface area (Å²) in [5.41, 5.74) is 0. The Morgan fingerprint density at radius 3 is 2.85 bits per heavy atom. The largest absolute Gasteiger partial charge is 0.393 e. The molecule has 3 heteroatoms. The zero-order chi connectivity index (χ0) is 9.42. The van der Waals surface area contributed by atoms with E-state index in [1.54, 1.807) is 4.90 Å². The fourth-order valence-electron chi connectivity index (χ4n) is 2.55. The van der Waals surface area contributed by atoms with Gasteiger partial charge in [-0.3, -0.25) is 4.79 Å². The number of amides is 1. The van der Waals surface area contributed by atoms with E-state index < -0.39 is 0 Å². The summed E-state index contributed by atoms with van der Waals surface area (Å²) >= 11 is 0. The van der Waals surface area contributed by atoms with Gasteiger partial charge in [-0.25, -0.2) is 0 Å². The highest BCUT2D eigenvalue weighted by atomic mass is 16.3. The molecule has 72 valence electrons. The molecule has 13 heavy (non-hydrogen) atoms. The second-order valence-corrected chi connectivity index (χ2v) is 4.02. The number of hydrogen-bond acceptors (Lipinski definition) is 2. The fraction of sp³-hybridized carbons (Fsp3) is 0.700. The first kappa shape index (κ1) is 8.75. The van der Waals surface area contributed by atoms with Crippen LogP contribution in [0, 0.1) is 11.8 Å². The summed E-state index contributed by atoms with van der Waals surface area (Å²) in [5, 5.41) is 9.61. The molecule has 0 aromatic carbocycles. The molecule has 3 atom stereocenters. The van der Waals surface area contributed by atoms with Crippen LogP contribution in [0.4, 0.5) is 0 Å². The SMILES string of the molecule is C=CC(=O)N1CC2CCC(O)C2C1. The van der Waals surface area contributed by atoms with Crippen LogP contribution in [0.1, 0.15) is 12.8 Å². The van der Waals surface area contributed by atoms with Crippen LogP contribution < -0.4 is 0 Å². The molecule has 1 amide bonds. The molecule has 2 fully saturated rings. The van der Waals surface area contributed by atoms with E-state index in [0.29, 0.717) is 11.8 Å². The Labute approximate surface area is 78.0 Å². The summed E-state index contributed by atoms with van der Waals surface area (Å²) in [7, 11) is 0. The Kier molecular flexibility index (Phi) is 2.12. The van der Waals surface area contributed by atoms with E-state index >= 15 is 0 Å². The van der Waals surface area contributed by atoms with Crippen molar-refractivity contribution in [1.29, 1.82) is 0 Å². The monoisotopic (exact) mass is 181 g/mol. The van der Waals surface area contributed by atoms with Crippen LogP contribution >= 0.6 is 0 Å². The third kappa shape index (κ3) is 1.37. The molecule has 1 aliphatic carbocycles. The number of fused-ring (bicyclic) bond motifs is 1. The standard InChI is InChI=1S/C10H15NO2/c1-2-10(13)11-5-7-3-4-9(12)8(7)6-11/h2,7-9,12H,1,3-6H2. The molecule has 3 nitrogen and oxygen atoms in total. The van der Waals surface area contributed by atoms with Gasteiger partial charge in [0.1, 0.15) is 0 Å². The first-order valence-corrected chi connectivity index (χ1v) is 4.81. The van der Waals surface area contributed by atoms with Crippen LogP contribution in [-0.4, -0.2) is 35.1 Å². The minimum absolute atomic E-state index is 0.00148. The number of nitrogens with zero attached hydrogens (tertiary/aromatic N) is 1. The predicted octanol–water partition coefficient (Wildman–Crippen LogP) is 0.402. The number of rotatable bonds is 1. The Morgan fingerprint density at radius 1 is 1.46 bits per heavy atom. The molecule has 1 heterocycles. The van der Waals surface area contributed by atoms with Crippen LogP contribution in [0.5, 0.6) is 0 Å². The van der Waals surface area contributed by atoms with Gasteiger partial charge in [0.25, 0.3) is 0 Å². The summed E-state index contributed by atoms with van der Waals surface area (Å²) in [6, 6.07) is 0. The minimum Gasteiger partial charge on any atom is -0.393 e. The number of likely N-dealkylation sites (tertiary alicyclic amines) is 1. The van der Waals surface area contributed by atoms with Crippen molar-refractivity contribution in [3.05, 3.63) is 12.7 Å². The molecule has 0 spiro atoms.